The van der Waals surface area contributed by atoms with Gasteiger partial charge in [0.05, 0.1) is 7.11 Å². The lowest BCUT2D eigenvalue weighted by molar-refractivity contribution is -0.145. The zero-order chi connectivity index (χ0) is 14.3. The summed E-state index contributed by atoms with van der Waals surface area (Å²) < 4.78 is 4.66. The number of carbonyl (C=O) groups is 2. The Morgan fingerprint density at radius 3 is 2.37 bits per heavy atom. The fraction of sp³-hybridized carbons (Fsp3) is 0.333. The van der Waals surface area contributed by atoms with Crippen LogP contribution in [0.1, 0.15) is 19.4 Å². The molecule has 1 amide bonds. The molecule has 0 radical (unpaired) electrons. The molecule has 1 atom stereocenters. The van der Waals surface area contributed by atoms with E-state index in [9.17, 15) is 9.59 Å². The van der Waals surface area contributed by atoms with Gasteiger partial charge in [-0.1, -0.05) is 44.2 Å². The molecule has 0 saturated carbocycles. The highest BCUT2D eigenvalue weighted by Gasteiger charge is 2.23. The Hall–Kier alpha value is -2.10. The average molecular weight is 261 g/mol. The maximum absolute atomic E-state index is 11.7. The second kappa shape index (κ2) is 7.36. The van der Waals surface area contributed by atoms with Crippen molar-refractivity contribution in [2.45, 2.75) is 19.9 Å². The van der Waals surface area contributed by atoms with Crippen LogP contribution in [-0.2, 0) is 14.3 Å². The minimum atomic E-state index is -0.627. The lowest BCUT2D eigenvalue weighted by atomic mass is 10.0. The van der Waals surface area contributed by atoms with Gasteiger partial charge in [0.2, 0.25) is 5.91 Å². The second-order valence-electron chi connectivity index (χ2n) is 4.50. The monoisotopic (exact) mass is 261 g/mol. The van der Waals surface area contributed by atoms with Crippen molar-refractivity contribution in [2.24, 2.45) is 5.92 Å². The van der Waals surface area contributed by atoms with Crippen LogP contribution in [0.3, 0.4) is 0 Å². The molecule has 1 rings (SSSR count). The molecule has 0 aromatic heterocycles. The van der Waals surface area contributed by atoms with Crippen LogP contribution in [0.4, 0.5) is 0 Å². The number of benzene rings is 1. The van der Waals surface area contributed by atoms with Crippen molar-refractivity contribution >= 4 is 18.0 Å². The SMILES string of the molecule is COC(=O)[C@@H](NC(=O)/C=C/c1ccccc1)C(C)C. The number of rotatable bonds is 5. The smallest absolute Gasteiger partial charge is 0.328 e. The molecule has 4 heteroatoms. The van der Waals surface area contributed by atoms with Crippen molar-refractivity contribution in [3.63, 3.8) is 0 Å². The molecule has 0 spiro atoms. The number of amides is 1. The number of nitrogens with one attached hydrogen (secondary N) is 1. The quantitative estimate of drug-likeness (QED) is 0.651. The zero-order valence-corrected chi connectivity index (χ0v) is 11.4. The van der Waals surface area contributed by atoms with Crippen LogP contribution in [0.5, 0.6) is 0 Å². The van der Waals surface area contributed by atoms with E-state index in [0.717, 1.165) is 5.56 Å². The van der Waals surface area contributed by atoms with Gasteiger partial charge in [-0.15, -0.1) is 0 Å². The molecule has 0 bridgehead atoms. The van der Waals surface area contributed by atoms with Crippen LogP contribution < -0.4 is 5.32 Å². The first-order valence-corrected chi connectivity index (χ1v) is 6.16. The van der Waals surface area contributed by atoms with Crippen molar-refractivity contribution in [3.05, 3.63) is 42.0 Å². The van der Waals surface area contributed by atoms with Crippen molar-refractivity contribution in [3.8, 4) is 0 Å². The molecule has 1 N–H and O–H groups in total. The number of methoxy groups -OCH3 is 1. The van der Waals surface area contributed by atoms with E-state index in [1.165, 1.54) is 13.2 Å². The van der Waals surface area contributed by atoms with E-state index in [0.29, 0.717) is 0 Å². The third kappa shape index (κ3) is 4.95. The van der Waals surface area contributed by atoms with Crippen LogP contribution >= 0.6 is 0 Å². The molecule has 0 fully saturated rings. The molecular formula is C15H19NO3. The lowest BCUT2D eigenvalue weighted by Gasteiger charge is -2.18. The first-order chi connectivity index (χ1) is 9.04. The van der Waals surface area contributed by atoms with E-state index >= 15 is 0 Å². The Bertz CT molecular complexity index is 452. The van der Waals surface area contributed by atoms with Crippen LogP contribution in [-0.4, -0.2) is 25.0 Å². The maximum atomic E-state index is 11.7. The molecule has 0 unspecified atom stereocenters. The summed E-state index contributed by atoms with van der Waals surface area (Å²) in [5.74, 6) is -0.772. The summed E-state index contributed by atoms with van der Waals surface area (Å²) in [6.45, 7) is 3.70. The fourth-order valence-electron chi connectivity index (χ4n) is 1.56. The number of carbonyl (C=O) groups excluding carboxylic acids is 2. The summed E-state index contributed by atoms with van der Waals surface area (Å²) >= 11 is 0. The molecule has 0 aliphatic rings. The summed E-state index contributed by atoms with van der Waals surface area (Å²) in [5, 5.41) is 2.64. The summed E-state index contributed by atoms with van der Waals surface area (Å²) in [4.78, 5) is 23.2. The van der Waals surface area contributed by atoms with Gasteiger partial charge in [-0.25, -0.2) is 4.79 Å². The second-order valence-corrected chi connectivity index (χ2v) is 4.50. The topological polar surface area (TPSA) is 55.4 Å². The van der Waals surface area contributed by atoms with Crippen molar-refractivity contribution in [1.82, 2.24) is 5.32 Å². The van der Waals surface area contributed by atoms with Gasteiger partial charge in [0.15, 0.2) is 0 Å². The molecule has 1 aromatic carbocycles. The van der Waals surface area contributed by atoms with Crippen molar-refractivity contribution in [2.75, 3.05) is 7.11 Å². The van der Waals surface area contributed by atoms with E-state index in [2.05, 4.69) is 10.1 Å². The molecule has 0 aliphatic carbocycles. The first kappa shape index (κ1) is 15.0. The maximum Gasteiger partial charge on any atom is 0.328 e. The summed E-state index contributed by atoms with van der Waals surface area (Å²) in [7, 11) is 1.31. The fourth-order valence-corrected chi connectivity index (χ4v) is 1.56. The highest BCUT2D eigenvalue weighted by atomic mass is 16.5. The van der Waals surface area contributed by atoms with Gasteiger partial charge in [0.1, 0.15) is 6.04 Å². The Balaban J connectivity index is 2.63. The molecule has 0 heterocycles. The predicted molar refractivity (Wildman–Crippen MR) is 74.3 cm³/mol. The molecule has 102 valence electrons. The number of hydrogen-bond acceptors (Lipinski definition) is 3. The third-order valence-corrected chi connectivity index (χ3v) is 2.65. The van der Waals surface area contributed by atoms with E-state index < -0.39 is 12.0 Å². The number of esters is 1. The van der Waals surface area contributed by atoms with Gasteiger partial charge in [0.25, 0.3) is 0 Å². The Morgan fingerprint density at radius 2 is 1.84 bits per heavy atom. The van der Waals surface area contributed by atoms with Gasteiger partial charge >= 0.3 is 5.97 Å². The standard InChI is InChI=1S/C15H19NO3/c1-11(2)14(15(18)19-3)16-13(17)10-9-12-7-5-4-6-8-12/h4-11,14H,1-3H3,(H,16,17)/b10-9+/t14-/m0/s1. The minimum absolute atomic E-state index is 0.0264. The van der Waals surface area contributed by atoms with Gasteiger partial charge in [-0.3, -0.25) is 4.79 Å². The molecule has 0 saturated heterocycles. The summed E-state index contributed by atoms with van der Waals surface area (Å²) in [6, 6.07) is 8.85. The zero-order valence-electron chi connectivity index (χ0n) is 11.4. The molecule has 19 heavy (non-hydrogen) atoms. The largest absolute Gasteiger partial charge is 0.467 e. The van der Waals surface area contributed by atoms with E-state index in [-0.39, 0.29) is 11.8 Å². The first-order valence-electron chi connectivity index (χ1n) is 6.16. The number of ether oxygens (including phenoxy) is 1. The van der Waals surface area contributed by atoms with Crippen LogP contribution in [0, 0.1) is 5.92 Å². The highest BCUT2D eigenvalue weighted by molar-refractivity contribution is 5.94. The number of hydrogen-bond donors (Lipinski definition) is 1. The molecule has 0 aliphatic heterocycles. The average Bonchev–Trinajstić information content (AvgIpc) is 2.42. The normalized spacial score (nSPS) is 12.4. The van der Waals surface area contributed by atoms with Crippen LogP contribution in [0.25, 0.3) is 6.08 Å². The van der Waals surface area contributed by atoms with Gasteiger partial charge in [-0.05, 0) is 17.6 Å². The van der Waals surface area contributed by atoms with Gasteiger partial charge in [-0.2, -0.15) is 0 Å². The van der Waals surface area contributed by atoms with Crippen LogP contribution in [0.15, 0.2) is 36.4 Å². The lowest BCUT2D eigenvalue weighted by Crippen LogP contribution is -2.44. The summed E-state index contributed by atoms with van der Waals surface area (Å²) in [5.41, 5.74) is 0.928. The van der Waals surface area contributed by atoms with E-state index in [1.807, 2.05) is 44.2 Å². The third-order valence-electron chi connectivity index (χ3n) is 2.65. The molecule has 4 nitrogen and oxygen atoms in total. The molecular weight excluding hydrogens is 242 g/mol. The highest BCUT2D eigenvalue weighted by Crippen LogP contribution is 2.04. The Kier molecular flexibility index (Phi) is 5.79. The van der Waals surface area contributed by atoms with Crippen molar-refractivity contribution < 1.29 is 14.3 Å². The molecule has 1 aromatic rings. The van der Waals surface area contributed by atoms with Gasteiger partial charge < -0.3 is 10.1 Å². The Labute approximate surface area is 113 Å². The van der Waals surface area contributed by atoms with Crippen LogP contribution in [0.2, 0.25) is 0 Å². The van der Waals surface area contributed by atoms with E-state index in [1.54, 1.807) is 6.08 Å². The Morgan fingerprint density at radius 1 is 1.21 bits per heavy atom. The summed E-state index contributed by atoms with van der Waals surface area (Å²) in [6.07, 6.45) is 3.11. The van der Waals surface area contributed by atoms with E-state index in [4.69, 9.17) is 0 Å². The minimum Gasteiger partial charge on any atom is -0.467 e. The van der Waals surface area contributed by atoms with Crippen molar-refractivity contribution in [1.29, 1.82) is 0 Å². The predicted octanol–water partition coefficient (Wildman–Crippen LogP) is 2.01. The van der Waals surface area contributed by atoms with Gasteiger partial charge in [0, 0.05) is 6.08 Å².